The van der Waals surface area contributed by atoms with Crippen LogP contribution in [0.25, 0.3) is 0 Å². The number of pyridine rings is 1. The molecule has 3 aromatic heterocycles. The summed E-state index contributed by atoms with van der Waals surface area (Å²) in [5, 5.41) is 0. The monoisotopic (exact) mass is 311 g/mol. The van der Waals surface area contributed by atoms with E-state index >= 15 is 0 Å². The molecule has 0 saturated heterocycles. The predicted octanol–water partition coefficient (Wildman–Crippen LogP) is 3.85. The molecule has 23 heavy (non-hydrogen) atoms. The van der Waals surface area contributed by atoms with Crippen LogP contribution in [0, 0.1) is 6.92 Å². The van der Waals surface area contributed by atoms with Crippen LogP contribution >= 0.6 is 0 Å². The van der Waals surface area contributed by atoms with Gasteiger partial charge in [-0.05, 0) is 42.8 Å². The van der Waals surface area contributed by atoms with Crippen LogP contribution in [-0.4, -0.2) is 19.1 Å². The summed E-state index contributed by atoms with van der Waals surface area (Å²) in [6.07, 6.45) is 5.28. The predicted molar refractivity (Wildman–Crippen MR) is 90.6 cm³/mol. The molecule has 5 heteroatoms. The van der Waals surface area contributed by atoms with Crippen LogP contribution in [0.5, 0.6) is 0 Å². The molecule has 0 aromatic carbocycles. The van der Waals surface area contributed by atoms with Gasteiger partial charge >= 0.3 is 0 Å². The molecule has 5 nitrogen and oxygen atoms in total. The third kappa shape index (κ3) is 3.56. The SMILES string of the molecule is Cc1cc(N(C)Cc2ccco2)cnc1N(C)Cc1ccco1. The Hall–Kier alpha value is -2.69. The van der Waals surface area contributed by atoms with E-state index in [1.165, 1.54) is 0 Å². The summed E-state index contributed by atoms with van der Waals surface area (Å²) in [4.78, 5) is 8.83. The van der Waals surface area contributed by atoms with E-state index in [0.29, 0.717) is 6.54 Å². The van der Waals surface area contributed by atoms with Gasteiger partial charge in [-0.15, -0.1) is 0 Å². The molecular formula is C18H21N3O2. The zero-order valence-corrected chi connectivity index (χ0v) is 13.7. The van der Waals surface area contributed by atoms with Crippen molar-refractivity contribution in [3.05, 3.63) is 66.1 Å². The molecule has 0 aliphatic rings. The van der Waals surface area contributed by atoms with Crippen LogP contribution in [0.2, 0.25) is 0 Å². The van der Waals surface area contributed by atoms with Crippen molar-refractivity contribution in [2.24, 2.45) is 0 Å². The Labute approximate surface area is 136 Å². The van der Waals surface area contributed by atoms with E-state index in [-0.39, 0.29) is 0 Å². The fourth-order valence-electron chi connectivity index (χ4n) is 2.60. The molecule has 0 N–H and O–H groups in total. The van der Waals surface area contributed by atoms with Gasteiger partial charge in [-0.3, -0.25) is 0 Å². The van der Waals surface area contributed by atoms with Crippen LogP contribution in [-0.2, 0) is 13.1 Å². The van der Waals surface area contributed by atoms with Gasteiger partial charge in [0.05, 0.1) is 37.5 Å². The largest absolute Gasteiger partial charge is 0.467 e. The summed E-state index contributed by atoms with van der Waals surface area (Å²) in [7, 11) is 4.05. The molecule has 3 heterocycles. The fraction of sp³-hybridized carbons (Fsp3) is 0.278. The van der Waals surface area contributed by atoms with Crippen molar-refractivity contribution in [1.82, 2.24) is 4.98 Å². The lowest BCUT2D eigenvalue weighted by molar-refractivity contribution is 0.506. The van der Waals surface area contributed by atoms with Crippen molar-refractivity contribution in [3.8, 4) is 0 Å². The highest BCUT2D eigenvalue weighted by molar-refractivity contribution is 5.55. The minimum absolute atomic E-state index is 0.697. The first-order valence-electron chi connectivity index (χ1n) is 7.57. The van der Waals surface area contributed by atoms with Gasteiger partial charge in [-0.1, -0.05) is 0 Å². The normalized spacial score (nSPS) is 10.7. The second kappa shape index (κ2) is 6.60. The summed E-state index contributed by atoms with van der Waals surface area (Å²) in [6, 6.07) is 9.89. The lowest BCUT2D eigenvalue weighted by Gasteiger charge is -2.22. The average molecular weight is 311 g/mol. The molecule has 0 aliphatic heterocycles. The van der Waals surface area contributed by atoms with Crippen molar-refractivity contribution in [2.75, 3.05) is 23.9 Å². The molecule has 0 atom stereocenters. The summed E-state index contributed by atoms with van der Waals surface area (Å²) in [6.45, 7) is 3.49. The Morgan fingerprint density at radius 1 is 0.957 bits per heavy atom. The van der Waals surface area contributed by atoms with E-state index in [0.717, 1.165) is 35.1 Å². The van der Waals surface area contributed by atoms with E-state index in [1.54, 1.807) is 12.5 Å². The van der Waals surface area contributed by atoms with E-state index < -0.39 is 0 Å². The van der Waals surface area contributed by atoms with E-state index in [2.05, 4.69) is 27.8 Å². The molecule has 120 valence electrons. The Kier molecular flexibility index (Phi) is 4.37. The van der Waals surface area contributed by atoms with Crippen molar-refractivity contribution in [2.45, 2.75) is 20.0 Å². The van der Waals surface area contributed by atoms with Gasteiger partial charge in [-0.25, -0.2) is 4.98 Å². The highest BCUT2D eigenvalue weighted by Gasteiger charge is 2.11. The first-order valence-corrected chi connectivity index (χ1v) is 7.57. The lowest BCUT2D eigenvalue weighted by atomic mass is 10.2. The van der Waals surface area contributed by atoms with Crippen LogP contribution in [0.15, 0.2) is 57.9 Å². The minimum atomic E-state index is 0.697. The quantitative estimate of drug-likeness (QED) is 0.692. The third-order valence-electron chi connectivity index (χ3n) is 3.78. The molecule has 3 aromatic rings. The highest BCUT2D eigenvalue weighted by atomic mass is 16.3. The van der Waals surface area contributed by atoms with Crippen molar-refractivity contribution in [1.29, 1.82) is 0 Å². The highest BCUT2D eigenvalue weighted by Crippen LogP contribution is 2.23. The number of nitrogens with zero attached hydrogens (tertiary/aromatic N) is 3. The number of aryl methyl sites for hydroxylation is 1. The maximum absolute atomic E-state index is 5.40. The molecular weight excluding hydrogens is 290 g/mol. The molecule has 0 aliphatic carbocycles. The first kappa shape index (κ1) is 15.2. The maximum atomic E-state index is 5.40. The topological polar surface area (TPSA) is 45.7 Å². The van der Waals surface area contributed by atoms with E-state index in [1.807, 2.05) is 44.6 Å². The number of furan rings is 2. The Morgan fingerprint density at radius 2 is 1.57 bits per heavy atom. The zero-order valence-electron chi connectivity index (χ0n) is 13.7. The summed E-state index contributed by atoms with van der Waals surface area (Å²) >= 11 is 0. The van der Waals surface area contributed by atoms with Crippen LogP contribution in [0.4, 0.5) is 11.5 Å². The third-order valence-corrected chi connectivity index (χ3v) is 3.78. The Morgan fingerprint density at radius 3 is 2.09 bits per heavy atom. The Bertz CT molecular complexity index is 736. The lowest BCUT2D eigenvalue weighted by Crippen LogP contribution is -2.20. The Balaban J connectivity index is 1.72. The standard InChI is InChI=1S/C18H21N3O2/c1-14-10-15(20(2)12-16-6-4-8-22-16)11-19-18(14)21(3)13-17-7-5-9-23-17/h4-11H,12-13H2,1-3H3. The summed E-state index contributed by atoms with van der Waals surface area (Å²) in [5.41, 5.74) is 2.19. The molecule has 0 fully saturated rings. The van der Waals surface area contributed by atoms with E-state index in [9.17, 15) is 0 Å². The fourth-order valence-corrected chi connectivity index (χ4v) is 2.60. The van der Waals surface area contributed by atoms with Crippen molar-refractivity contribution >= 4 is 11.5 Å². The number of aromatic nitrogens is 1. The van der Waals surface area contributed by atoms with Crippen LogP contribution < -0.4 is 9.80 Å². The number of rotatable bonds is 6. The smallest absolute Gasteiger partial charge is 0.131 e. The molecule has 0 spiro atoms. The van der Waals surface area contributed by atoms with Gasteiger partial charge in [0.25, 0.3) is 0 Å². The minimum Gasteiger partial charge on any atom is -0.467 e. The van der Waals surface area contributed by atoms with Crippen molar-refractivity contribution < 1.29 is 8.83 Å². The van der Waals surface area contributed by atoms with Gasteiger partial charge in [0.15, 0.2) is 0 Å². The molecule has 0 bridgehead atoms. The molecule has 0 unspecified atom stereocenters. The van der Waals surface area contributed by atoms with Crippen molar-refractivity contribution in [3.63, 3.8) is 0 Å². The second-order valence-electron chi connectivity index (χ2n) is 5.70. The van der Waals surface area contributed by atoms with E-state index in [4.69, 9.17) is 8.83 Å². The number of anilines is 2. The summed E-state index contributed by atoms with van der Waals surface area (Å²) < 4.78 is 10.8. The maximum Gasteiger partial charge on any atom is 0.131 e. The summed E-state index contributed by atoms with van der Waals surface area (Å²) in [5.74, 6) is 2.81. The first-order chi connectivity index (χ1) is 11.1. The molecule has 0 saturated carbocycles. The number of hydrogen-bond acceptors (Lipinski definition) is 5. The van der Waals surface area contributed by atoms with Crippen LogP contribution in [0.1, 0.15) is 17.1 Å². The second-order valence-corrected chi connectivity index (χ2v) is 5.70. The van der Waals surface area contributed by atoms with Gasteiger partial charge in [-0.2, -0.15) is 0 Å². The molecule has 0 radical (unpaired) electrons. The zero-order chi connectivity index (χ0) is 16.2. The number of hydrogen-bond donors (Lipinski definition) is 0. The van der Waals surface area contributed by atoms with Gasteiger partial charge in [0.1, 0.15) is 17.3 Å². The van der Waals surface area contributed by atoms with Gasteiger partial charge in [0.2, 0.25) is 0 Å². The van der Waals surface area contributed by atoms with Gasteiger partial charge < -0.3 is 18.6 Å². The van der Waals surface area contributed by atoms with Gasteiger partial charge in [0, 0.05) is 14.1 Å². The molecule has 3 rings (SSSR count). The molecule has 0 amide bonds. The average Bonchev–Trinajstić information content (AvgIpc) is 3.20. The van der Waals surface area contributed by atoms with Crippen LogP contribution in [0.3, 0.4) is 0 Å².